The number of fused-ring (bicyclic) bond motifs is 2. The number of carbonyl (C=O) groups excluding carboxylic acids is 1. The van der Waals surface area contributed by atoms with Gasteiger partial charge in [0.2, 0.25) is 0 Å². The van der Waals surface area contributed by atoms with Gasteiger partial charge >= 0.3 is 5.97 Å². The summed E-state index contributed by atoms with van der Waals surface area (Å²) >= 11 is 0. The molecule has 1 fully saturated rings. The van der Waals surface area contributed by atoms with E-state index in [1.54, 1.807) is 0 Å². The van der Waals surface area contributed by atoms with E-state index in [-0.39, 0.29) is 29.0 Å². The summed E-state index contributed by atoms with van der Waals surface area (Å²) in [7, 11) is 0. The predicted octanol–water partition coefficient (Wildman–Crippen LogP) is 3.92. The lowest BCUT2D eigenvalue weighted by Gasteiger charge is -2.53. The summed E-state index contributed by atoms with van der Waals surface area (Å²) < 4.78 is 5.58. The number of ether oxygens (including phenoxy) is 1. The maximum atomic E-state index is 11.4. The van der Waals surface area contributed by atoms with E-state index in [1.807, 2.05) is 0 Å². The van der Waals surface area contributed by atoms with Crippen LogP contribution in [0.2, 0.25) is 0 Å². The molecule has 22 heavy (non-hydrogen) atoms. The lowest BCUT2D eigenvalue weighted by molar-refractivity contribution is -0.145. The second-order valence-electron chi connectivity index (χ2n) is 7.92. The van der Waals surface area contributed by atoms with Gasteiger partial charge in [-0.25, -0.2) is 0 Å². The molecule has 1 N–H and O–H groups in total. The molecule has 122 valence electrons. The topological polar surface area (TPSA) is 46.5 Å². The van der Waals surface area contributed by atoms with E-state index in [0.717, 1.165) is 38.5 Å². The highest BCUT2D eigenvalue weighted by Gasteiger charge is 2.50. The Morgan fingerprint density at radius 2 is 2.05 bits per heavy atom. The van der Waals surface area contributed by atoms with Crippen molar-refractivity contribution in [3.8, 4) is 0 Å². The average molecular weight is 304 g/mol. The van der Waals surface area contributed by atoms with Gasteiger partial charge in [-0.3, -0.25) is 4.79 Å². The summed E-state index contributed by atoms with van der Waals surface area (Å²) in [5.74, 6) is -0.182. The molecule has 0 amide bonds. The fourth-order valence-corrected chi connectivity index (χ4v) is 5.03. The summed E-state index contributed by atoms with van der Waals surface area (Å²) in [5, 5.41) is 10.4. The van der Waals surface area contributed by atoms with Crippen LogP contribution in [0.1, 0.15) is 66.2 Å². The first-order valence-corrected chi connectivity index (χ1v) is 8.55. The number of hydrogen-bond acceptors (Lipinski definition) is 3. The SMILES string of the molecule is CC(=O)OC1CCCC2=C1CC=C1C2(C)CCC(O)C1(C)C. The molecule has 0 saturated heterocycles. The second-order valence-corrected chi connectivity index (χ2v) is 7.92. The predicted molar refractivity (Wildman–Crippen MR) is 86.3 cm³/mol. The van der Waals surface area contributed by atoms with Crippen LogP contribution in [-0.2, 0) is 9.53 Å². The van der Waals surface area contributed by atoms with Crippen LogP contribution in [0, 0.1) is 10.8 Å². The van der Waals surface area contributed by atoms with E-state index in [4.69, 9.17) is 4.74 Å². The largest absolute Gasteiger partial charge is 0.458 e. The van der Waals surface area contributed by atoms with Crippen LogP contribution in [0.3, 0.4) is 0 Å². The standard InChI is InChI=1S/C19H28O3/c1-12(20)22-15-7-5-6-14-13(15)8-9-16-18(2,3)17(21)10-11-19(14,16)4/h9,15,17,21H,5-8,10-11H2,1-4H3. The molecular weight excluding hydrogens is 276 g/mol. The monoisotopic (exact) mass is 304 g/mol. The highest BCUT2D eigenvalue weighted by atomic mass is 16.5. The molecule has 0 radical (unpaired) electrons. The summed E-state index contributed by atoms with van der Waals surface area (Å²) in [4.78, 5) is 11.4. The van der Waals surface area contributed by atoms with Crippen LogP contribution >= 0.6 is 0 Å². The first kappa shape index (κ1) is 15.8. The van der Waals surface area contributed by atoms with E-state index in [2.05, 4.69) is 26.8 Å². The van der Waals surface area contributed by atoms with Crippen molar-refractivity contribution in [2.75, 3.05) is 0 Å². The van der Waals surface area contributed by atoms with Crippen molar-refractivity contribution in [3.05, 3.63) is 22.8 Å². The quantitative estimate of drug-likeness (QED) is 0.590. The number of allylic oxidation sites excluding steroid dienone is 2. The molecule has 3 aliphatic carbocycles. The van der Waals surface area contributed by atoms with Gasteiger partial charge in [-0.05, 0) is 44.1 Å². The summed E-state index contributed by atoms with van der Waals surface area (Å²) in [5.41, 5.74) is 4.08. The van der Waals surface area contributed by atoms with Gasteiger partial charge in [0, 0.05) is 17.8 Å². The Morgan fingerprint density at radius 1 is 1.32 bits per heavy atom. The zero-order chi connectivity index (χ0) is 16.1. The van der Waals surface area contributed by atoms with Gasteiger partial charge in [-0.1, -0.05) is 38.0 Å². The van der Waals surface area contributed by atoms with E-state index >= 15 is 0 Å². The Bertz CT molecular complexity index is 555. The summed E-state index contributed by atoms with van der Waals surface area (Å²) in [6.07, 6.45) is 7.86. The van der Waals surface area contributed by atoms with Crippen molar-refractivity contribution in [2.45, 2.75) is 78.4 Å². The Hall–Kier alpha value is -1.09. The Kier molecular flexibility index (Phi) is 3.75. The molecule has 0 aromatic heterocycles. The smallest absolute Gasteiger partial charge is 0.303 e. The maximum Gasteiger partial charge on any atom is 0.303 e. The highest BCUT2D eigenvalue weighted by molar-refractivity contribution is 5.66. The molecule has 0 spiro atoms. The zero-order valence-electron chi connectivity index (χ0n) is 14.2. The molecule has 3 unspecified atom stereocenters. The normalized spacial score (nSPS) is 37.0. The molecule has 3 atom stereocenters. The average Bonchev–Trinajstić information content (AvgIpc) is 2.44. The van der Waals surface area contributed by atoms with Crippen LogP contribution in [0.15, 0.2) is 22.8 Å². The van der Waals surface area contributed by atoms with Crippen molar-refractivity contribution in [2.24, 2.45) is 10.8 Å². The van der Waals surface area contributed by atoms with Gasteiger partial charge in [0.25, 0.3) is 0 Å². The molecule has 3 nitrogen and oxygen atoms in total. The lowest BCUT2D eigenvalue weighted by atomic mass is 9.52. The molecule has 0 aromatic rings. The van der Waals surface area contributed by atoms with E-state index in [9.17, 15) is 9.90 Å². The number of aliphatic hydroxyl groups excluding tert-OH is 1. The molecular formula is C19H28O3. The van der Waals surface area contributed by atoms with Crippen molar-refractivity contribution in [1.29, 1.82) is 0 Å². The molecule has 3 heteroatoms. The Balaban J connectivity index is 2.01. The first-order valence-electron chi connectivity index (χ1n) is 8.55. The van der Waals surface area contributed by atoms with Gasteiger partial charge in [0.05, 0.1) is 6.10 Å². The van der Waals surface area contributed by atoms with Crippen LogP contribution in [-0.4, -0.2) is 23.3 Å². The minimum Gasteiger partial charge on any atom is -0.458 e. The third-order valence-electron chi connectivity index (χ3n) is 6.21. The van der Waals surface area contributed by atoms with Crippen LogP contribution in [0.25, 0.3) is 0 Å². The van der Waals surface area contributed by atoms with Crippen LogP contribution in [0.5, 0.6) is 0 Å². The second kappa shape index (κ2) is 5.23. The number of rotatable bonds is 1. The summed E-state index contributed by atoms with van der Waals surface area (Å²) in [6, 6.07) is 0. The van der Waals surface area contributed by atoms with Crippen molar-refractivity contribution in [1.82, 2.24) is 0 Å². The fraction of sp³-hybridized carbons (Fsp3) is 0.737. The lowest BCUT2D eigenvalue weighted by Crippen LogP contribution is -2.47. The fourth-order valence-electron chi connectivity index (χ4n) is 5.03. The zero-order valence-corrected chi connectivity index (χ0v) is 14.2. The summed E-state index contributed by atoms with van der Waals surface area (Å²) in [6.45, 7) is 8.16. The first-order chi connectivity index (χ1) is 10.3. The Morgan fingerprint density at radius 3 is 2.73 bits per heavy atom. The van der Waals surface area contributed by atoms with Gasteiger partial charge in [-0.15, -0.1) is 0 Å². The van der Waals surface area contributed by atoms with Crippen LogP contribution in [0.4, 0.5) is 0 Å². The highest BCUT2D eigenvalue weighted by Crippen LogP contribution is 2.59. The van der Waals surface area contributed by atoms with Gasteiger partial charge in [0.15, 0.2) is 0 Å². The van der Waals surface area contributed by atoms with Crippen molar-refractivity contribution < 1.29 is 14.6 Å². The number of aliphatic hydroxyl groups is 1. The maximum absolute atomic E-state index is 11.4. The van der Waals surface area contributed by atoms with Gasteiger partial charge in [0.1, 0.15) is 6.10 Å². The van der Waals surface area contributed by atoms with Crippen LogP contribution < -0.4 is 0 Å². The molecule has 0 aromatic carbocycles. The minimum absolute atomic E-state index is 0.0363. The number of hydrogen-bond donors (Lipinski definition) is 1. The molecule has 3 rings (SSSR count). The molecule has 0 aliphatic heterocycles. The minimum atomic E-state index is -0.262. The van der Waals surface area contributed by atoms with Crippen molar-refractivity contribution >= 4 is 5.97 Å². The van der Waals surface area contributed by atoms with Gasteiger partial charge in [-0.2, -0.15) is 0 Å². The van der Waals surface area contributed by atoms with E-state index in [1.165, 1.54) is 23.6 Å². The van der Waals surface area contributed by atoms with Gasteiger partial charge < -0.3 is 9.84 Å². The van der Waals surface area contributed by atoms with E-state index < -0.39 is 0 Å². The van der Waals surface area contributed by atoms with E-state index in [0.29, 0.717) is 0 Å². The third-order valence-corrected chi connectivity index (χ3v) is 6.21. The molecule has 0 heterocycles. The Labute approximate surface area is 133 Å². The molecule has 0 bridgehead atoms. The van der Waals surface area contributed by atoms with Crippen molar-refractivity contribution in [3.63, 3.8) is 0 Å². The third kappa shape index (κ3) is 2.25. The number of carbonyl (C=O) groups is 1. The number of esters is 1. The molecule has 3 aliphatic rings. The molecule has 1 saturated carbocycles.